The first-order valence-electron chi connectivity index (χ1n) is 19.6. The van der Waals surface area contributed by atoms with Gasteiger partial charge in [0.2, 0.25) is 11.9 Å². The van der Waals surface area contributed by atoms with E-state index in [2.05, 4.69) is 15.2 Å². The monoisotopic (exact) mass is 736 g/mol. The van der Waals surface area contributed by atoms with Crippen molar-refractivity contribution in [1.29, 1.82) is 0 Å². The summed E-state index contributed by atoms with van der Waals surface area (Å²) in [4.78, 5) is 62.8. The smallest absolute Gasteiger partial charge is 0.437 e. The number of guanidine groups is 1. The minimum atomic E-state index is -0.794. The van der Waals surface area contributed by atoms with Crippen molar-refractivity contribution in [2.45, 2.75) is 187 Å². The zero-order chi connectivity index (χ0) is 38.7. The van der Waals surface area contributed by atoms with Gasteiger partial charge < -0.3 is 28.7 Å². The van der Waals surface area contributed by atoms with Crippen molar-refractivity contribution < 1.29 is 38.1 Å². The molecule has 3 aliphatic rings. The highest BCUT2D eigenvalue weighted by atomic mass is 16.6. The molecule has 13 nitrogen and oxygen atoms in total. The molecule has 1 N–H and O–H groups in total. The van der Waals surface area contributed by atoms with Crippen LogP contribution in [-0.4, -0.2) is 119 Å². The van der Waals surface area contributed by atoms with Crippen LogP contribution in [0.4, 0.5) is 9.59 Å². The average molecular weight is 736 g/mol. The number of hydrogen-bond donors (Lipinski definition) is 1. The third-order valence-electron chi connectivity index (χ3n) is 9.62. The molecular formula is C39H69N5O8. The van der Waals surface area contributed by atoms with Crippen LogP contribution in [-0.2, 0) is 28.5 Å². The number of esters is 1. The highest BCUT2D eigenvalue weighted by molar-refractivity contribution is 5.99. The fraction of sp³-hybridized carbons (Fsp3) is 0.872. The van der Waals surface area contributed by atoms with E-state index >= 15 is 0 Å². The van der Waals surface area contributed by atoms with Gasteiger partial charge in [0.05, 0.1) is 18.6 Å². The van der Waals surface area contributed by atoms with Gasteiger partial charge in [-0.1, -0.05) is 25.7 Å². The normalized spacial score (nSPS) is 21.0. The van der Waals surface area contributed by atoms with Gasteiger partial charge >= 0.3 is 18.2 Å². The number of nitrogens with one attached hydrogen (secondary N) is 1. The molecule has 3 rings (SSSR count). The number of likely N-dealkylation sites (tertiary alicyclic amines) is 2. The quantitative estimate of drug-likeness (QED) is 0.0884. The molecule has 2 aliphatic heterocycles. The lowest BCUT2D eigenvalue weighted by molar-refractivity contribution is -0.160. The molecule has 0 spiro atoms. The third-order valence-corrected chi connectivity index (χ3v) is 9.62. The Morgan fingerprint density at radius 2 is 1.33 bits per heavy atom. The second kappa shape index (κ2) is 19.4. The maximum Gasteiger partial charge on any atom is 0.437 e. The van der Waals surface area contributed by atoms with E-state index in [1.165, 1.54) is 12.8 Å². The van der Waals surface area contributed by atoms with Gasteiger partial charge in [-0.05, 0) is 121 Å². The molecule has 0 radical (unpaired) electrons. The molecule has 1 unspecified atom stereocenters. The highest BCUT2D eigenvalue weighted by Gasteiger charge is 2.38. The molecule has 2 saturated heterocycles. The van der Waals surface area contributed by atoms with Gasteiger partial charge in [-0.15, -0.1) is 4.99 Å². The van der Waals surface area contributed by atoms with Gasteiger partial charge in [-0.25, -0.2) is 9.59 Å². The molecule has 3 amide bonds. The number of nitrogens with zero attached hydrogens (tertiary/aromatic N) is 4. The largest absolute Gasteiger partial charge is 0.460 e. The van der Waals surface area contributed by atoms with Crippen molar-refractivity contribution in [3.63, 3.8) is 0 Å². The van der Waals surface area contributed by atoms with E-state index in [4.69, 9.17) is 18.9 Å². The molecule has 0 bridgehead atoms. The van der Waals surface area contributed by atoms with Crippen LogP contribution in [0.25, 0.3) is 0 Å². The van der Waals surface area contributed by atoms with Gasteiger partial charge in [-0.3, -0.25) is 19.8 Å². The average Bonchev–Trinajstić information content (AvgIpc) is 3.31. The Hall–Kier alpha value is -2.93. The van der Waals surface area contributed by atoms with Crippen LogP contribution in [0, 0.1) is 0 Å². The van der Waals surface area contributed by atoms with Gasteiger partial charge in [0.25, 0.3) is 0 Å². The Kier molecular flexibility index (Phi) is 16.2. The minimum absolute atomic E-state index is 0.0184. The first-order chi connectivity index (χ1) is 24.2. The van der Waals surface area contributed by atoms with Crippen molar-refractivity contribution in [2.24, 2.45) is 4.99 Å². The molecule has 298 valence electrons. The molecule has 0 aromatic rings. The Balaban J connectivity index is 1.62. The summed E-state index contributed by atoms with van der Waals surface area (Å²) < 4.78 is 22.9. The summed E-state index contributed by atoms with van der Waals surface area (Å²) in [6.45, 7) is 18.3. The van der Waals surface area contributed by atoms with Crippen molar-refractivity contribution in [3.05, 3.63) is 0 Å². The molecule has 2 atom stereocenters. The molecule has 13 heteroatoms. The van der Waals surface area contributed by atoms with E-state index in [0.717, 1.165) is 44.9 Å². The van der Waals surface area contributed by atoms with Crippen molar-refractivity contribution in [3.8, 4) is 0 Å². The maximum absolute atomic E-state index is 14.4. The van der Waals surface area contributed by atoms with E-state index in [1.807, 2.05) is 37.6 Å². The summed E-state index contributed by atoms with van der Waals surface area (Å²) in [6.07, 6.45) is 10.3. The number of amides is 3. The number of carbonyl (C=O) groups excluding carboxylic acids is 4. The van der Waals surface area contributed by atoms with Gasteiger partial charge in [0, 0.05) is 38.3 Å². The second-order valence-corrected chi connectivity index (χ2v) is 17.7. The number of aliphatic imine (C=N–C) groups is 1. The summed E-state index contributed by atoms with van der Waals surface area (Å²) >= 11 is 0. The number of piperidine rings is 2. The van der Waals surface area contributed by atoms with Crippen LogP contribution in [0.15, 0.2) is 4.99 Å². The van der Waals surface area contributed by atoms with E-state index in [-0.39, 0.29) is 42.4 Å². The fourth-order valence-electron chi connectivity index (χ4n) is 7.20. The van der Waals surface area contributed by atoms with Crippen molar-refractivity contribution >= 4 is 30.0 Å². The number of rotatable bonds is 9. The Labute approximate surface area is 312 Å². The lowest BCUT2D eigenvalue weighted by atomic mass is 9.96. The molecule has 0 aromatic carbocycles. The van der Waals surface area contributed by atoms with Gasteiger partial charge in [0.15, 0.2) is 0 Å². The summed E-state index contributed by atoms with van der Waals surface area (Å²) in [5.41, 5.74) is -2.07. The number of hydrogen-bond acceptors (Lipinski definition) is 9. The number of likely N-dealkylation sites (N-methyl/N-ethyl adjacent to an activating group) is 1. The van der Waals surface area contributed by atoms with Crippen molar-refractivity contribution in [2.75, 3.05) is 33.3 Å². The summed E-state index contributed by atoms with van der Waals surface area (Å²) in [6, 6.07) is -0.254. The van der Waals surface area contributed by atoms with E-state index in [1.54, 1.807) is 41.5 Å². The Bertz CT molecular complexity index is 1200. The molecule has 1 saturated carbocycles. The van der Waals surface area contributed by atoms with Gasteiger partial charge in [-0.2, -0.15) is 0 Å². The predicted octanol–water partition coefficient (Wildman–Crippen LogP) is 6.81. The van der Waals surface area contributed by atoms with Crippen LogP contribution in [0.3, 0.4) is 0 Å². The zero-order valence-electron chi connectivity index (χ0n) is 33.9. The zero-order valence-corrected chi connectivity index (χ0v) is 33.9. The van der Waals surface area contributed by atoms with Crippen LogP contribution in [0.5, 0.6) is 0 Å². The molecule has 2 heterocycles. The van der Waals surface area contributed by atoms with Crippen LogP contribution >= 0.6 is 0 Å². The van der Waals surface area contributed by atoms with E-state index in [0.29, 0.717) is 45.5 Å². The number of carbonyl (C=O) groups is 4. The lowest BCUT2D eigenvalue weighted by Crippen LogP contribution is -2.55. The molecule has 52 heavy (non-hydrogen) atoms. The second-order valence-electron chi connectivity index (χ2n) is 17.7. The minimum Gasteiger partial charge on any atom is -0.460 e. The molecule has 1 aliphatic carbocycles. The highest BCUT2D eigenvalue weighted by Crippen LogP contribution is 2.28. The topological polar surface area (TPSA) is 139 Å². The van der Waals surface area contributed by atoms with Crippen molar-refractivity contribution in [1.82, 2.24) is 20.0 Å². The summed E-state index contributed by atoms with van der Waals surface area (Å²) in [5, 5.41) is 2.64. The first-order valence-corrected chi connectivity index (χ1v) is 19.6. The SMILES string of the molecule is CN(C1CCCCCC1)[C@@H](CC(=O)OC(C)(C)C)C(=O)N1CCCCC1CCOC1CCN(C(=NC(=O)OC(C)(C)C)NC(=O)OC(C)(C)C)CC1. The van der Waals surface area contributed by atoms with Crippen LogP contribution < -0.4 is 5.32 Å². The third kappa shape index (κ3) is 15.6. The molecular weight excluding hydrogens is 666 g/mol. The predicted molar refractivity (Wildman–Crippen MR) is 201 cm³/mol. The number of ether oxygens (including phenoxy) is 4. The molecule has 0 aromatic heterocycles. The maximum atomic E-state index is 14.4. The van der Waals surface area contributed by atoms with Crippen LogP contribution in [0.1, 0.15) is 146 Å². The standard InChI is InChI=1S/C39H69N5O8/c1-37(2,3)50-32(45)27-31(42(10)28-17-13-11-12-14-18-28)33(46)44-23-16-15-19-29(44)22-26-49-30-20-24-43(25-21-30)34(40-35(47)51-38(4,5)6)41-36(48)52-39(7,8)9/h28-31H,11-27H2,1-10H3,(H,40,41,47,48)/t29?,31-/m0/s1. The number of alkyl carbamates (subject to hydrolysis) is 1. The van der Waals surface area contributed by atoms with E-state index in [9.17, 15) is 19.2 Å². The summed E-state index contributed by atoms with van der Waals surface area (Å²) in [5.74, 6) is -0.229. The van der Waals surface area contributed by atoms with E-state index < -0.39 is 35.0 Å². The molecule has 3 fully saturated rings. The Morgan fingerprint density at radius 1 is 0.750 bits per heavy atom. The Morgan fingerprint density at radius 3 is 1.90 bits per heavy atom. The van der Waals surface area contributed by atoms with Gasteiger partial charge in [0.1, 0.15) is 16.8 Å². The first kappa shape index (κ1) is 43.5. The van der Waals surface area contributed by atoms with Crippen LogP contribution in [0.2, 0.25) is 0 Å². The fourth-order valence-corrected chi connectivity index (χ4v) is 7.20. The summed E-state index contributed by atoms with van der Waals surface area (Å²) in [7, 11) is 2.02. The lowest BCUT2D eigenvalue weighted by Gasteiger charge is -2.42.